The van der Waals surface area contributed by atoms with Crippen LogP contribution in [0.15, 0.2) is 36.4 Å². The van der Waals surface area contributed by atoms with Crippen molar-refractivity contribution < 1.29 is 19.0 Å². The lowest BCUT2D eigenvalue weighted by Gasteiger charge is -2.25. The molecule has 0 bridgehead atoms. The number of likely N-dealkylation sites (N-methyl/N-ethyl adjacent to an activating group) is 1. The molecule has 0 atom stereocenters. The Labute approximate surface area is 204 Å². The first kappa shape index (κ1) is 25.1. The van der Waals surface area contributed by atoms with Crippen LogP contribution in [0.5, 0.6) is 17.2 Å². The molecule has 1 aliphatic heterocycles. The SMILES string of the molecule is CCOc1cccc2sc(N(CCN(CC)CC)C(=O)c3ccc4c(c3)OCCO4)nc12.Cl. The van der Waals surface area contributed by atoms with E-state index in [1.54, 1.807) is 23.1 Å². The summed E-state index contributed by atoms with van der Waals surface area (Å²) in [4.78, 5) is 22.5. The zero-order valence-electron chi connectivity index (χ0n) is 19.2. The third-order valence-corrected chi connectivity index (χ3v) is 6.51. The molecule has 0 radical (unpaired) electrons. The smallest absolute Gasteiger partial charge is 0.260 e. The van der Waals surface area contributed by atoms with E-state index < -0.39 is 0 Å². The Hall–Kier alpha value is -2.55. The predicted octanol–water partition coefficient (Wildman–Crippen LogP) is 4.88. The van der Waals surface area contributed by atoms with Gasteiger partial charge in [0.2, 0.25) is 0 Å². The summed E-state index contributed by atoms with van der Waals surface area (Å²) in [6.45, 7) is 10.9. The first-order valence-electron chi connectivity index (χ1n) is 11.1. The Kier molecular flexibility index (Phi) is 8.77. The lowest BCUT2D eigenvalue weighted by Crippen LogP contribution is -2.39. The molecule has 7 nitrogen and oxygen atoms in total. The monoisotopic (exact) mass is 491 g/mol. The van der Waals surface area contributed by atoms with E-state index in [-0.39, 0.29) is 18.3 Å². The molecule has 9 heteroatoms. The van der Waals surface area contributed by atoms with Crippen LogP contribution in [0.2, 0.25) is 0 Å². The summed E-state index contributed by atoms with van der Waals surface area (Å²) in [6.07, 6.45) is 0. The molecule has 0 saturated heterocycles. The van der Waals surface area contributed by atoms with Crippen LogP contribution in [0.3, 0.4) is 0 Å². The van der Waals surface area contributed by atoms with Gasteiger partial charge < -0.3 is 19.1 Å². The summed E-state index contributed by atoms with van der Waals surface area (Å²) in [7, 11) is 0. The van der Waals surface area contributed by atoms with Crippen LogP contribution >= 0.6 is 23.7 Å². The molecular weight excluding hydrogens is 462 g/mol. The van der Waals surface area contributed by atoms with Crippen molar-refractivity contribution in [2.45, 2.75) is 20.8 Å². The van der Waals surface area contributed by atoms with Crippen LogP contribution in [0, 0.1) is 0 Å². The third kappa shape index (κ3) is 5.51. The second-order valence-corrected chi connectivity index (χ2v) is 8.38. The Bertz CT molecular complexity index is 1090. The van der Waals surface area contributed by atoms with Gasteiger partial charge in [-0.1, -0.05) is 31.3 Å². The number of fused-ring (bicyclic) bond motifs is 2. The molecule has 0 saturated carbocycles. The molecule has 0 N–H and O–H groups in total. The molecular formula is C24H30ClN3O4S. The molecule has 178 valence electrons. The number of hydrogen-bond acceptors (Lipinski definition) is 7. The number of ether oxygens (including phenoxy) is 3. The molecule has 33 heavy (non-hydrogen) atoms. The van der Waals surface area contributed by atoms with Crippen LogP contribution in [0.25, 0.3) is 10.2 Å². The quantitative estimate of drug-likeness (QED) is 0.425. The topological polar surface area (TPSA) is 64.1 Å². The summed E-state index contributed by atoms with van der Waals surface area (Å²) in [6, 6.07) is 11.2. The minimum atomic E-state index is -0.105. The maximum absolute atomic E-state index is 13.7. The fourth-order valence-electron chi connectivity index (χ4n) is 3.70. The minimum absolute atomic E-state index is 0. The van der Waals surface area contributed by atoms with Gasteiger partial charge in [-0.15, -0.1) is 12.4 Å². The van der Waals surface area contributed by atoms with Crippen LogP contribution in [-0.4, -0.2) is 61.8 Å². The van der Waals surface area contributed by atoms with E-state index in [2.05, 4.69) is 18.7 Å². The molecule has 3 aromatic rings. The maximum Gasteiger partial charge on any atom is 0.260 e. The van der Waals surface area contributed by atoms with Gasteiger partial charge in [-0.3, -0.25) is 9.69 Å². The Morgan fingerprint density at radius 3 is 2.55 bits per heavy atom. The predicted molar refractivity (Wildman–Crippen MR) is 135 cm³/mol. The van der Waals surface area contributed by atoms with Crippen LogP contribution < -0.4 is 19.1 Å². The van der Waals surface area contributed by atoms with Crippen molar-refractivity contribution >= 4 is 45.0 Å². The van der Waals surface area contributed by atoms with Gasteiger partial charge in [-0.05, 0) is 50.3 Å². The lowest BCUT2D eigenvalue weighted by atomic mass is 10.1. The van der Waals surface area contributed by atoms with Crippen molar-refractivity contribution in [2.24, 2.45) is 0 Å². The summed E-state index contributed by atoms with van der Waals surface area (Å²) < 4.78 is 18.0. The number of hydrogen-bond donors (Lipinski definition) is 0. The second kappa shape index (κ2) is 11.5. The number of benzene rings is 2. The molecule has 0 unspecified atom stereocenters. The number of thiazole rings is 1. The zero-order valence-corrected chi connectivity index (χ0v) is 20.8. The normalized spacial score (nSPS) is 12.5. The summed E-state index contributed by atoms with van der Waals surface area (Å²) in [5.41, 5.74) is 1.34. The van der Waals surface area contributed by atoms with Gasteiger partial charge in [0, 0.05) is 18.7 Å². The van der Waals surface area contributed by atoms with Gasteiger partial charge >= 0.3 is 0 Å². The van der Waals surface area contributed by atoms with Gasteiger partial charge in [0.15, 0.2) is 16.6 Å². The van der Waals surface area contributed by atoms with Gasteiger partial charge in [0.1, 0.15) is 24.5 Å². The molecule has 2 aromatic carbocycles. The van der Waals surface area contributed by atoms with Crippen molar-refractivity contribution in [3.05, 3.63) is 42.0 Å². The molecule has 0 aliphatic carbocycles. The number of aromatic nitrogens is 1. The van der Waals surface area contributed by atoms with Crippen molar-refractivity contribution in [1.82, 2.24) is 9.88 Å². The number of anilines is 1. The van der Waals surface area contributed by atoms with E-state index in [4.69, 9.17) is 19.2 Å². The standard InChI is InChI=1S/C24H29N3O4S.ClH/c1-4-26(5-2)12-13-27(23(28)17-10-11-18-20(16-17)31-15-14-30-18)24-25-22-19(29-6-3)8-7-9-21(22)32-24;/h7-11,16H,4-6,12-15H2,1-3H3;1H. The van der Waals surface area contributed by atoms with E-state index in [9.17, 15) is 4.79 Å². The summed E-state index contributed by atoms with van der Waals surface area (Å²) in [5.74, 6) is 1.91. The van der Waals surface area contributed by atoms with Gasteiger partial charge in [0.05, 0.1) is 11.3 Å². The zero-order chi connectivity index (χ0) is 22.5. The molecule has 0 fully saturated rings. The van der Waals surface area contributed by atoms with Gasteiger partial charge in [-0.25, -0.2) is 4.98 Å². The van der Waals surface area contributed by atoms with Crippen LogP contribution in [0.1, 0.15) is 31.1 Å². The first-order chi connectivity index (χ1) is 15.6. The van der Waals surface area contributed by atoms with Crippen molar-refractivity contribution in [2.75, 3.05) is 50.9 Å². The highest BCUT2D eigenvalue weighted by Gasteiger charge is 2.24. The lowest BCUT2D eigenvalue weighted by molar-refractivity contribution is 0.0982. The van der Waals surface area contributed by atoms with Crippen molar-refractivity contribution in [3.8, 4) is 17.2 Å². The molecule has 2 heterocycles. The fourth-order valence-corrected chi connectivity index (χ4v) is 4.70. The van der Waals surface area contributed by atoms with E-state index in [1.807, 2.05) is 25.1 Å². The molecule has 1 amide bonds. The van der Waals surface area contributed by atoms with Gasteiger partial charge in [-0.2, -0.15) is 0 Å². The van der Waals surface area contributed by atoms with E-state index in [0.717, 1.165) is 35.6 Å². The van der Waals surface area contributed by atoms with Crippen molar-refractivity contribution in [1.29, 1.82) is 0 Å². The largest absolute Gasteiger partial charge is 0.492 e. The summed E-state index contributed by atoms with van der Waals surface area (Å²) in [5, 5.41) is 0.666. The number of halogens is 1. The van der Waals surface area contributed by atoms with Crippen molar-refractivity contribution in [3.63, 3.8) is 0 Å². The van der Waals surface area contributed by atoms with E-state index >= 15 is 0 Å². The molecule has 4 rings (SSSR count). The highest BCUT2D eigenvalue weighted by Crippen LogP contribution is 2.36. The second-order valence-electron chi connectivity index (χ2n) is 7.37. The fraction of sp³-hybridized carbons (Fsp3) is 0.417. The Balaban J connectivity index is 0.00000306. The van der Waals surface area contributed by atoms with E-state index in [0.29, 0.717) is 48.6 Å². The number of carbonyl (C=O) groups is 1. The van der Waals surface area contributed by atoms with E-state index in [1.165, 1.54) is 11.3 Å². The number of para-hydroxylation sites is 1. The highest BCUT2D eigenvalue weighted by atomic mass is 35.5. The third-order valence-electron chi connectivity index (χ3n) is 5.47. The minimum Gasteiger partial charge on any atom is -0.492 e. The Morgan fingerprint density at radius 2 is 1.82 bits per heavy atom. The highest BCUT2D eigenvalue weighted by molar-refractivity contribution is 7.22. The number of rotatable bonds is 9. The average molecular weight is 492 g/mol. The summed E-state index contributed by atoms with van der Waals surface area (Å²) >= 11 is 1.50. The molecule has 0 spiro atoms. The first-order valence-corrected chi connectivity index (χ1v) is 11.9. The van der Waals surface area contributed by atoms with Crippen LogP contribution in [-0.2, 0) is 0 Å². The average Bonchev–Trinajstić information content (AvgIpc) is 3.26. The maximum atomic E-state index is 13.7. The Morgan fingerprint density at radius 1 is 1.06 bits per heavy atom. The molecule has 1 aromatic heterocycles. The van der Waals surface area contributed by atoms with Gasteiger partial charge in [0.25, 0.3) is 5.91 Å². The van der Waals surface area contributed by atoms with Crippen LogP contribution in [0.4, 0.5) is 5.13 Å². The molecule has 1 aliphatic rings. The number of amides is 1. The number of carbonyl (C=O) groups excluding carboxylic acids is 1. The number of nitrogens with zero attached hydrogens (tertiary/aromatic N) is 3.